The van der Waals surface area contributed by atoms with Crippen LogP contribution in [0.4, 0.5) is 0 Å². The van der Waals surface area contributed by atoms with E-state index in [2.05, 4.69) is 4.57 Å². The number of hydrogen-bond donors (Lipinski definition) is 2. The number of benzene rings is 1. The zero-order valence-electron chi connectivity index (χ0n) is 10.3. The number of aromatic nitrogens is 1. The summed E-state index contributed by atoms with van der Waals surface area (Å²) in [6, 6.07) is 7.95. The molecule has 0 aliphatic heterocycles. The van der Waals surface area contributed by atoms with Crippen LogP contribution in [0.15, 0.2) is 30.5 Å². The summed E-state index contributed by atoms with van der Waals surface area (Å²) in [4.78, 5) is 0. The van der Waals surface area contributed by atoms with Crippen LogP contribution in [-0.4, -0.2) is 20.4 Å². The maximum atomic E-state index is 9.74. The van der Waals surface area contributed by atoms with Gasteiger partial charge in [0, 0.05) is 23.6 Å². The van der Waals surface area contributed by atoms with E-state index >= 15 is 0 Å². The molecular weight excluding hydrogens is 214 g/mol. The minimum Gasteiger partial charge on any atom is -0.392 e. The molecular formula is C14H19NO2. The Balaban J connectivity index is 2.30. The summed E-state index contributed by atoms with van der Waals surface area (Å²) < 4.78 is 2.12. The molecule has 0 aliphatic carbocycles. The van der Waals surface area contributed by atoms with Crippen molar-refractivity contribution in [3.05, 3.63) is 36.0 Å². The summed E-state index contributed by atoms with van der Waals surface area (Å²) in [5, 5.41) is 20.1. The summed E-state index contributed by atoms with van der Waals surface area (Å²) in [6.07, 6.45) is 2.72. The van der Waals surface area contributed by atoms with E-state index in [1.54, 1.807) is 0 Å². The van der Waals surface area contributed by atoms with Gasteiger partial charge in [-0.25, -0.2) is 0 Å². The molecule has 2 N–H and O–H groups in total. The van der Waals surface area contributed by atoms with E-state index in [1.807, 2.05) is 44.3 Å². The highest BCUT2D eigenvalue weighted by Gasteiger charge is 2.13. The first-order valence-electron chi connectivity index (χ1n) is 5.91. The Hall–Kier alpha value is -1.32. The normalized spacial score (nSPS) is 12.2. The molecule has 0 atom stereocenters. The molecule has 2 aromatic rings. The van der Waals surface area contributed by atoms with Crippen molar-refractivity contribution in [3.63, 3.8) is 0 Å². The number of aliphatic hydroxyl groups excluding tert-OH is 1. The highest BCUT2D eigenvalue weighted by molar-refractivity contribution is 5.83. The molecule has 0 amide bonds. The van der Waals surface area contributed by atoms with E-state index in [9.17, 15) is 10.2 Å². The lowest BCUT2D eigenvalue weighted by Gasteiger charge is -2.17. The molecule has 92 valence electrons. The fourth-order valence-corrected chi connectivity index (χ4v) is 2.01. The van der Waals surface area contributed by atoms with Crippen LogP contribution in [0.2, 0.25) is 0 Å². The molecule has 0 aliphatic rings. The Kier molecular flexibility index (Phi) is 3.22. The fraction of sp³-hybridized carbons (Fsp3) is 0.429. The number of aryl methyl sites for hydroxylation is 1. The molecule has 0 saturated carbocycles. The van der Waals surface area contributed by atoms with Crippen LogP contribution >= 0.6 is 0 Å². The lowest BCUT2D eigenvalue weighted by Crippen LogP contribution is -2.20. The van der Waals surface area contributed by atoms with Gasteiger partial charge < -0.3 is 14.8 Å². The van der Waals surface area contributed by atoms with Crippen molar-refractivity contribution < 1.29 is 10.2 Å². The highest BCUT2D eigenvalue weighted by Crippen LogP contribution is 2.21. The average molecular weight is 233 g/mol. The van der Waals surface area contributed by atoms with Gasteiger partial charge in [0.05, 0.1) is 12.2 Å². The second-order valence-electron chi connectivity index (χ2n) is 5.08. The third kappa shape index (κ3) is 2.68. The second kappa shape index (κ2) is 4.51. The van der Waals surface area contributed by atoms with E-state index in [0.717, 1.165) is 23.0 Å². The van der Waals surface area contributed by atoms with E-state index in [4.69, 9.17) is 0 Å². The predicted octanol–water partition coefficient (Wildman–Crippen LogP) is 2.29. The smallest absolute Gasteiger partial charge is 0.0688 e. The van der Waals surface area contributed by atoms with Gasteiger partial charge in [0.25, 0.3) is 0 Å². The second-order valence-corrected chi connectivity index (χ2v) is 5.08. The van der Waals surface area contributed by atoms with Gasteiger partial charge in [-0.15, -0.1) is 0 Å². The highest BCUT2D eigenvalue weighted by atomic mass is 16.3. The van der Waals surface area contributed by atoms with E-state index < -0.39 is 5.60 Å². The number of nitrogens with zero attached hydrogens (tertiary/aromatic N) is 1. The molecule has 3 heteroatoms. The van der Waals surface area contributed by atoms with Crippen molar-refractivity contribution in [2.45, 2.75) is 39.0 Å². The van der Waals surface area contributed by atoms with Crippen LogP contribution in [-0.2, 0) is 13.2 Å². The molecule has 0 unspecified atom stereocenters. The van der Waals surface area contributed by atoms with Crippen molar-refractivity contribution in [1.82, 2.24) is 4.57 Å². The topological polar surface area (TPSA) is 45.4 Å². The third-order valence-electron chi connectivity index (χ3n) is 3.04. The number of aliphatic hydroxyl groups is 2. The Morgan fingerprint density at radius 1 is 1.24 bits per heavy atom. The standard InChI is InChI=1S/C14H19NO2/c1-14(2,17)7-9-15-8-6-12-11(10-16)4-3-5-13(12)15/h3-6,8,16-17H,7,9-10H2,1-2H3. The van der Waals surface area contributed by atoms with Crippen LogP contribution in [0.25, 0.3) is 10.9 Å². The monoisotopic (exact) mass is 233 g/mol. The van der Waals surface area contributed by atoms with Crippen molar-refractivity contribution in [1.29, 1.82) is 0 Å². The van der Waals surface area contributed by atoms with Crippen molar-refractivity contribution in [3.8, 4) is 0 Å². The van der Waals surface area contributed by atoms with Gasteiger partial charge in [-0.2, -0.15) is 0 Å². The number of fused-ring (bicyclic) bond motifs is 1. The van der Waals surface area contributed by atoms with Crippen LogP contribution in [0.1, 0.15) is 25.8 Å². The van der Waals surface area contributed by atoms with Crippen molar-refractivity contribution in [2.24, 2.45) is 0 Å². The van der Waals surface area contributed by atoms with Crippen LogP contribution in [0.3, 0.4) is 0 Å². The number of hydrogen-bond acceptors (Lipinski definition) is 2. The minimum absolute atomic E-state index is 0.0623. The summed E-state index contributed by atoms with van der Waals surface area (Å²) in [5.74, 6) is 0. The van der Waals surface area contributed by atoms with Gasteiger partial charge in [-0.1, -0.05) is 12.1 Å². The quantitative estimate of drug-likeness (QED) is 0.851. The van der Waals surface area contributed by atoms with Crippen LogP contribution < -0.4 is 0 Å². The zero-order chi connectivity index (χ0) is 12.5. The fourth-order valence-electron chi connectivity index (χ4n) is 2.01. The van der Waals surface area contributed by atoms with E-state index in [0.29, 0.717) is 6.42 Å². The summed E-state index contributed by atoms with van der Waals surface area (Å²) in [7, 11) is 0. The Morgan fingerprint density at radius 3 is 2.65 bits per heavy atom. The first-order chi connectivity index (χ1) is 8.01. The predicted molar refractivity (Wildman–Crippen MR) is 68.8 cm³/mol. The molecule has 1 heterocycles. The maximum absolute atomic E-state index is 9.74. The van der Waals surface area contributed by atoms with Crippen LogP contribution in [0, 0.1) is 0 Å². The Labute approximate surface area is 101 Å². The lowest BCUT2D eigenvalue weighted by atomic mass is 10.1. The third-order valence-corrected chi connectivity index (χ3v) is 3.04. The molecule has 2 rings (SSSR count). The molecule has 0 radical (unpaired) electrons. The van der Waals surface area contributed by atoms with Gasteiger partial charge >= 0.3 is 0 Å². The van der Waals surface area contributed by atoms with E-state index in [-0.39, 0.29) is 6.61 Å². The van der Waals surface area contributed by atoms with E-state index in [1.165, 1.54) is 0 Å². The van der Waals surface area contributed by atoms with Crippen molar-refractivity contribution in [2.75, 3.05) is 0 Å². The van der Waals surface area contributed by atoms with Gasteiger partial charge in [0.15, 0.2) is 0 Å². The van der Waals surface area contributed by atoms with Crippen molar-refractivity contribution >= 4 is 10.9 Å². The molecule has 0 saturated heterocycles. The summed E-state index contributed by atoms with van der Waals surface area (Å²) in [5.41, 5.74) is 1.41. The molecule has 1 aromatic heterocycles. The molecule has 17 heavy (non-hydrogen) atoms. The first-order valence-corrected chi connectivity index (χ1v) is 5.91. The molecule has 0 spiro atoms. The first kappa shape index (κ1) is 12.1. The van der Waals surface area contributed by atoms with Gasteiger partial charge in [0.2, 0.25) is 0 Å². The summed E-state index contributed by atoms with van der Waals surface area (Å²) >= 11 is 0. The Bertz CT molecular complexity index is 508. The average Bonchev–Trinajstić information content (AvgIpc) is 2.68. The lowest BCUT2D eigenvalue weighted by molar-refractivity contribution is 0.0666. The van der Waals surface area contributed by atoms with Gasteiger partial charge in [0.1, 0.15) is 0 Å². The number of rotatable bonds is 4. The van der Waals surface area contributed by atoms with Gasteiger partial charge in [-0.05, 0) is 38.0 Å². The zero-order valence-corrected chi connectivity index (χ0v) is 10.3. The molecule has 0 bridgehead atoms. The Morgan fingerprint density at radius 2 is 2.00 bits per heavy atom. The van der Waals surface area contributed by atoms with Crippen LogP contribution in [0.5, 0.6) is 0 Å². The van der Waals surface area contributed by atoms with Gasteiger partial charge in [-0.3, -0.25) is 0 Å². The molecule has 0 fully saturated rings. The maximum Gasteiger partial charge on any atom is 0.0688 e. The SMILES string of the molecule is CC(C)(O)CCn1ccc2c(CO)cccc21. The minimum atomic E-state index is -0.648. The summed E-state index contributed by atoms with van der Waals surface area (Å²) in [6.45, 7) is 4.48. The molecule has 1 aromatic carbocycles. The largest absolute Gasteiger partial charge is 0.392 e. The molecule has 3 nitrogen and oxygen atoms in total.